The van der Waals surface area contributed by atoms with E-state index in [1.165, 1.54) is 5.56 Å². The van der Waals surface area contributed by atoms with Crippen LogP contribution in [0.15, 0.2) is 73.1 Å². The van der Waals surface area contributed by atoms with E-state index in [0.29, 0.717) is 18.8 Å². The van der Waals surface area contributed by atoms with E-state index in [1.807, 2.05) is 35.2 Å². The van der Waals surface area contributed by atoms with Crippen LogP contribution >= 0.6 is 0 Å². The van der Waals surface area contributed by atoms with Crippen LogP contribution in [0.5, 0.6) is 5.75 Å². The molecular formula is C28H28N4O2. The summed E-state index contributed by atoms with van der Waals surface area (Å²) in [4.78, 5) is 19.7. The Hall–Kier alpha value is -3.93. The van der Waals surface area contributed by atoms with Crippen molar-refractivity contribution in [3.05, 3.63) is 101 Å². The van der Waals surface area contributed by atoms with E-state index in [9.17, 15) is 4.79 Å². The van der Waals surface area contributed by atoms with Gasteiger partial charge in [0.25, 0.3) is 5.91 Å². The van der Waals surface area contributed by atoms with E-state index in [1.54, 1.807) is 12.4 Å². The smallest absolute Gasteiger partial charge is 0.273 e. The summed E-state index contributed by atoms with van der Waals surface area (Å²) >= 11 is 0. The molecule has 3 heterocycles. The molecule has 1 aliphatic rings. The number of aromatic nitrogens is 3. The molecule has 2 aromatic heterocycles. The summed E-state index contributed by atoms with van der Waals surface area (Å²) in [5.74, 6) is 0.751. The third kappa shape index (κ3) is 4.19. The second kappa shape index (κ2) is 9.51. The normalized spacial score (nSPS) is 14.9. The number of nitrogens with one attached hydrogen (secondary N) is 1. The van der Waals surface area contributed by atoms with E-state index in [2.05, 4.69) is 59.4 Å². The molecule has 0 bridgehead atoms. The molecule has 0 fully saturated rings. The minimum atomic E-state index is -0.285. The Morgan fingerprint density at radius 1 is 1.09 bits per heavy atom. The Morgan fingerprint density at radius 2 is 1.94 bits per heavy atom. The first-order valence-electron chi connectivity index (χ1n) is 11.7. The van der Waals surface area contributed by atoms with Crippen LogP contribution in [-0.4, -0.2) is 32.6 Å². The number of benzene rings is 2. The molecule has 5 rings (SSSR count). The number of ether oxygens (including phenoxy) is 1. The van der Waals surface area contributed by atoms with Crippen LogP contribution < -0.4 is 4.74 Å². The van der Waals surface area contributed by atoms with Gasteiger partial charge in [0.1, 0.15) is 11.4 Å². The van der Waals surface area contributed by atoms with E-state index < -0.39 is 0 Å². The van der Waals surface area contributed by atoms with Gasteiger partial charge in [0.2, 0.25) is 0 Å². The predicted octanol–water partition coefficient (Wildman–Crippen LogP) is 5.70. The van der Waals surface area contributed by atoms with E-state index >= 15 is 0 Å². The fourth-order valence-electron chi connectivity index (χ4n) is 4.43. The maximum atomic E-state index is 13.6. The van der Waals surface area contributed by atoms with E-state index in [4.69, 9.17) is 4.74 Å². The summed E-state index contributed by atoms with van der Waals surface area (Å²) in [5, 5.41) is 7.61. The van der Waals surface area contributed by atoms with Gasteiger partial charge in [-0.15, -0.1) is 0 Å². The van der Waals surface area contributed by atoms with Crippen LogP contribution in [0, 0.1) is 6.92 Å². The van der Waals surface area contributed by atoms with Gasteiger partial charge in [0, 0.05) is 30.1 Å². The largest absolute Gasteiger partial charge is 0.494 e. The molecule has 6 nitrogen and oxygen atoms in total. The summed E-state index contributed by atoms with van der Waals surface area (Å²) in [7, 11) is 0. The average molecular weight is 453 g/mol. The first-order valence-corrected chi connectivity index (χ1v) is 11.7. The number of rotatable bonds is 8. The number of fused-ring (bicyclic) bond motifs is 1. The number of carbonyl (C=O) groups excluding carboxylic acids is 1. The van der Waals surface area contributed by atoms with Gasteiger partial charge in [-0.3, -0.25) is 14.9 Å². The molecule has 0 saturated heterocycles. The molecule has 4 aromatic rings. The summed E-state index contributed by atoms with van der Waals surface area (Å²) in [6, 6.07) is 19.9. The van der Waals surface area contributed by atoms with Crippen LogP contribution in [0.3, 0.4) is 0 Å². The summed E-state index contributed by atoms with van der Waals surface area (Å²) in [6.07, 6.45) is 5.63. The zero-order chi connectivity index (χ0) is 23.5. The van der Waals surface area contributed by atoms with E-state index in [-0.39, 0.29) is 11.9 Å². The second-order valence-electron chi connectivity index (χ2n) is 8.70. The highest BCUT2D eigenvalue weighted by molar-refractivity contribution is 6.00. The molecule has 1 N–H and O–H groups in total. The lowest BCUT2D eigenvalue weighted by molar-refractivity contribution is 0.0729. The number of hydrogen-bond acceptors (Lipinski definition) is 4. The topological polar surface area (TPSA) is 71.1 Å². The number of aryl methyl sites for hydroxylation is 1. The zero-order valence-electron chi connectivity index (χ0n) is 19.5. The highest BCUT2D eigenvalue weighted by Gasteiger charge is 2.42. The maximum Gasteiger partial charge on any atom is 0.273 e. The molecule has 0 radical (unpaired) electrons. The Labute approximate surface area is 199 Å². The first-order chi connectivity index (χ1) is 16.7. The molecule has 1 amide bonds. The van der Waals surface area contributed by atoms with Gasteiger partial charge in [-0.05, 0) is 42.7 Å². The Kier molecular flexibility index (Phi) is 6.12. The summed E-state index contributed by atoms with van der Waals surface area (Å²) in [6.45, 7) is 5.33. The third-order valence-electron chi connectivity index (χ3n) is 6.20. The zero-order valence-corrected chi connectivity index (χ0v) is 19.5. The minimum Gasteiger partial charge on any atom is -0.494 e. The Balaban J connectivity index is 1.59. The maximum absolute atomic E-state index is 13.6. The van der Waals surface area contributed by atoms with Gasteiger partial charge >= 0.3 is 0 Å². The van der Waals surface area contributed by atoms with Crippen molar-refractivity contribution in [2.24, 2.45) is 0 Å². The number of aromatic amines is 1. The van der Waals surface area contributed by atoms with Crippen molar-refractivity contribution in [3.63, 3.8) is 0 Å². The highest BCUT2D eigenvalue weighted by atomic mass is 16.5. The molecule has 6 heteroatoms. The lowest BCUT2D eigenvalue weighted by Gasteiger charge is -2.26. The van der Waals surface area contributed by atoms with E-state index in [0.717, 1.165) is 46.5 Å². The number of hydrogen-bond donors (Lipinski definition) is 1. The predicted molar refractivity (Wildman–Crippen MR) is 132 cm³/mol. The standard InChI is InChI=1S/C28H28N4O2/c1-3-4-15-34-23-9-5-8-22(16-23)27-24-25(21-12-10-19(2)11-13-21)30-31-26(24)28(33)32(27)18-20-7-6-14-29-17-20/h5-14,16-17,27H,3-4,15,18H2,1-2H3,(H,30,31). The van der Waals surface area contributed by atoms with Gasteiger partial charge in [0.05, 0.1) is 18.3 Å². The number of nitrogens with zero attached hydrogens (tertiary/aromatic N) is 3. The van der Waals surface area contributed by atoms with Crippen molar-refractivity contribution in [1.29, 1.82) is 0 Å². The molecule has 1 atom stereocenters. The van der Waals surface area contributed by atoms with Crippen LogP contribution in [-0.2, 0) is 6.54 Å². The molecule has 0 saturated carbocycles. The number of unbranched alkanes of at least 4 members (excludes halogenated alkanes) is 1. The van der Waals surface area contributed by atoms with Gasteiger partial charge in [-0.2, -0.15) is 5.10 Å². The van der Waals surface area contributed by atoms with Gasteiger partial charge in [-0.1, -0.05) is 61.4 Å². The van der Waals surface area contributed by atoms with Gasteiger partial charge in [0.15, 0.2) is 0 Å². The number of carbonyl (C=O) groups is 1. The van der Waals surface area contributed by atoms with Crippen molar-refractivity contribution in [3.8, 4) is 17.0 Å². The first kappa shape index (κ1) is 21.9. The molecule has 34 heavy (non-hydrogen) atoms. The minimum absolute atomic E-state index is 0.0629. The second-order valence-corrected chi connectivity index (χ2v) is 8.70. The third-order valence-corrected chi connectivity index (χ3v) is 6.20. The van der Waals surface area contributed by atoms with Crippen molar-refractivity contribution >= 4 is 5.91 Å². The van der Waals surface area contributed by atoms with Crippen LogP contribution in [0.1, 0.15) is 58.5 Å². The van der Waals surface area contributed by atoms with Crippen LogP contribution in [0.4, 0.5) is 0 Å². The quantitative estimate of drug-likeness (QED) is 0.348. The molecule has 1 aliphatic heterocycles. The molecule has 2 aromatic carbocycles. The SMILES string of the molecule is CCCCOc1cccc(C2c3c(-c4ccc(C)cc4)n[nH]c3C(=O)N2Cc2cccnc2)c1. The molecule has 1 unspecified atom stereocenters. The van der Waals surface area contributed by atoms with Crippen molar-refractivity contribution in [1.82, 2.24) is 20.1 Å². The highest BCUT2D eigenvalue weighted by Crippen LogP contribution is 2.44. The molecular weight excluding hydrogens is 424 g/mol. The number of H-pyrrole nitrogens is 1. The average Bonchev–Trinajstić information content (AvgIpc) is 3.40. The fourth-order valence-corrected chi connectivity index (χ4v) is 4.43. The van der Waals surface area contributed by atoms with Crippen molar-refractivity contribution < 1.29 is 9.53 Å². The van der Waals surface area contributed by atoms with Gasteiger partial charge in [-0.25, -0.2) is 0 Å². The lowest BCUT2D eigenvalue weighted by atomic mass is 9.95. The Morgan fingerprint density at radius 3 is 2.71 bits per heavy atom. The monoisotopic (exact) mass is 452 g/mol. The van der Waals surface area contributed by atoms with Gasteiger partial charge < -0.3 is 9.64 Å². The fraction of sp³-hybridized carbons (Fsp3) is 0.250. The number of pyridine rings is 1. The van der Waals surface area contributed by atoms with Crippen LogP contribution in [0.25, 0.3) is 11.3 Å². The molecule has 0 aliphatic carbocycles. The molecule has 0 spiro atoms. The lowest BCUT2D eigenvalue weighted by Crippen LogP contribution is -2.29. The van der Waals surface area contributed by atoms with Crippen LogP contribution in [0.2, 0.25) is 0 Å². The Bertz CT molecular complexity index is 1280. The van der Waals surface area contributed by atoms with Crippen molar-refractivity contribution in [2.45, 2.75) is 39.3 Å². The summed E-state index contributed by atoms with van der Waals surface area (Å²) in [5.41, 5.74) is 6.40. The number of amides is 1. The summed E-state index contributed by atoms with van der Waals surface area (Å²) < 4.78 is 5.99. The van der Waals surface area contributed by atoms with Crippen molar-refractivity contribution in [2.75, 3.05) is 6.61 Å². The molecule has 172 valence electrons.